The van der Waals surface area contributed by atoms with E-state index in [-0.39, 0.29) is 18.6 Å². The van der Waals surface area contributed by atoms with Crippen LogP contribution in [-0.4, -0.2) is 41.1 Å². The number of amides is 2. The summed E-state index contributed by atoms with van der Waals surface area (Å²) >= 11 is 0. The fourth-order valence-electron chi connectivity index (χ4n) is 4.06. The summed E-state index contributed by atoms with van der Waals surface area (Å²) in [6, 6.07) is 0.0582. The zero-order valence-corrected chi connectivity index (χ0v) is 13.3. The summed E-state index contributed by atoms with van der Waals surface area (Å²) in [5, 5.41) is 12.1. The number of fused-ring (bicyclic) bond motifs is 2. The lowest BCUT2D eigenvalue weighted by atomic mass is 9.84. The van der Waals surface area contributed by atoms with Crippen LogP contribution >= 0.6 is 0 Å². The molecule has 5 unspecified atom stereocenters. The van der Waals surface area contributed by atoms with E-state index in [1.165, 1.54) is 25.7 Å². The Kier molecular flexibility index (Phi) is 5.12. The predicted molar refractivity (Wildman–Crippen MR) is 81.0 cm³/mol. The van der Waals surface area contributed by atoms with Crippen LogP contribution in [0.15, 0.2) is 0 Å². The number of carboxylic acids is 1. The molecule has 5 heteroatoms. The zero-order chi connectivity index (χ0) is 15.6. The molecule has 120 valence electrons. The Balaban J connectivity index is 1.85. The van der Waals surface area contributed by atoms with Gasteiger partial charge in [0.2, 0.25) is 0 Å². The highest BCUT2D eigenvalue weighted by molar-refractivity contribution is 5.76. The predicted octanol–water partition coefficient (Wildman–Crippen LogP) is 2.56. The molecular weight excluding hydrogens is 268 g/mol. The van der Waals surface area contributed by atoms with Crippen molar-refractivity contribution in [1.82, 2.24) is 10.2 Å². The van der Waals surface area contributed by atoms with Gasteiger partial charge in [-0.05, 0) is 50.9 Å². The molecule has 2 aliphatic rings. The molecule has 0 radical (unpaired) electrons. The van der Waals surface area contributed by atoms with E-state index in [1.807, 2.05) is 6.92 Å². The van der Waals surface area contributed by atoms with Crippen LogP contribution in [-0.2, 0) is 4.79 Å². The molecule has 2 N–H and O–H groups in total. The first-order valence-electron chi connectivity index (χ1n) is 8.20. The van der Waals surface area contributed by atoms with Crippen LogP contribution < -0.4 is 5.32 Å². The molecule has 0 aromatic heterocycles. The molecular formula is C16H28N2O3. The first-order chi connectivity index (χ1) is 9.92. The number of rotatable bonds is 6. The molecule has 2 amide bonds. The highest BCUT2D eigenvalue weighted by Crippen LogP contribution is 2.49. The molecule has 0 saturated heterocycles. The quantitative estimate of drug-likeness (QED) is 0.791. The smallest absolute Gasteiger partial charge is 0.317 e. The maximum Gasteiger partial charge on any atom is 0.317 e. The van der Waals surface area contributed by atoms with Gasteiger partial charge in [0.05, 0.1) is 5.92 Å². The van der Waals surface area contributed by atoms with Gasteiger partial charge in [0.1, 0.15) is 0 Å². The standard InChI is InChI=1S/C16H28N2O3/c1-4-18(9-10(2)15(19)20)16(21)17-11(3)14-8-12-5-6-13(14)7-12/h10-14H,4-9H2,1-3H3,(H,17,21)(H,19,20). The third kappa shape index (κ3) is 3.69. The Hall–Kier alpha value is -1.26. The third-order valence-corrected chi connectivity index (χ3v) is 5.37. The Bertz CT molecular complexity index is 399. The van der Waals surface area contributed by atoms with Crippen LogP contribution in [0.2, 0.25) is 0 Å². The van der Waals surface area contributed by atoms with Crippen LogP contribution in [0.3, 0.4) is 0 Å². The van der Waals surface area contributed by atoms with Crippen molar-refractivity contribution in [3.63, 3.8) is 0 Å². The summed E-state index contributed by atoms with van der Waals surface area (Å²) in [6.07, 6.45) is 5.24. The van der Waals surface area contributed by atoms with Gasteiger partial charge in [-0.3, -0.25) is 4.79 Å². The molecule has 0 spiro atoms. The van der Waals surface area contributed by atoms with Crippen LogP contribution in [0.5, 0.6) is 0 Å². The Morgan fingerprint density at radius 2 is 2.00 bits per heavy atom. The van der Waals surface area contributed by atoms with Gasteiger partial charge in [0.25, 0.3) is 0 Å². The number of nitrogens with one attached hydrogen (secondary N) is 1. The average Bonchev–Trinajstić information content (AvgIpc) is 3.06. The monoisotopic (exact) mass is 296 g/mol. The second-order valence-corrected chi connectivity index (χ2v) is 6.85. The van der Waals surface area contributed by atoms with Crippen molar-refractivity contribution in [3.8, 4) is 0 Å². The number of nitrogens with zero attached hydrogens (tertiary/aromatic N) is 1. The van der Waals surface area contributed by atoms with E-state index in [0.717, 1.165) is 11.8 Å². The molecule has 2 bridgehead atoms. The molecule has 5 nitrogen and oxygen atoms in total. The molecule has 0 aromatic carbocycles. The molecule has 2 saturated carbocycles. The lowest BCUT2D eigenvalue weighted by Gasteiger charge is -2.31. The van der Waals surface area contributed by atoms with E-state index >= 15 is 0 Å². The number of aliphatic carboxylic acids is 1. The highest BCUT2D eigenvalue weighted by Gasteiger charge is 2.42. The summed E-state index contributed by atoms with van der Waals surface area (Å²) in [6.45, 7) is 6.42. The molecule has 0 aromatic rings. The van der Waals surface area contributed by atoms with E-state index in [4.69, 9.17) is 5.11 Å². The SMILES string of the molecule is CCN(CC(C)C(=O)O)C(=O)NC(C)C1CC2CCC1C2. The summed E-state index contributed by atoms with van der Waals surface area (Å²) < 4.78 is 0. The Labute approximate surface area is 127 Å². The zero-order valence-electron chi connectivity index (χ0n) is 13.3. The van der Waals surface area contributed by atoms with Crippen molar-refractivity contribution in [1.29, 1.82) is 0 Å². The minimum atomic E-state index is -0.859. The second kappa shape index (κ2) is 6.67. The lowest BCUT2D eigenvalue weighted by Crippen LogP contribution is -2.48. The molecule has 2 fully saturated rings. The van der Waals surface area contributed by atoms with Gasteiger partial charge in [0.15, 0.2) is 0 Å². The lowest BCUT2D eigenvalue weighted by molar-refractivity contribution is -0.141. The molecule has 0 aliphatic heterocycles. The normalized spacial score (nSPS) is 30.0. The number of carbonyl (C=O) groups is 2. The second-order valence-electron chi connectivity index (χ2n) is 6.85. The summed E-state index contributed by atoms with van der Waals surface area (Å²) in [4.78, 5) is 24.9. The summed E-state index contributed by atoms with van der Waals surface area (Å²) in [5.74, 6) is 0.853. The van der Waals surface area contributed by atoms with E-state index in [1.54, 1.807) is 11.8 Å². The number of hydrogen-bond donors (Lipinski definition) is 2. The molecule has 0 heterocycles. The maximum atomic E-state index is 12.3. The number of carboxylic acid groups (broad SMARTS) is 1. The van der Waals surface area contributed by atoms with Crippen molar-refractivity contribution in [2.24, 2.45) is 23.7 Å². The first-order valence-corrected chi connectivity index (χ1v) is 8.20. The highest BCUT2D eigenvalue weighted by atomic mass is 16.4. The first kappa shape index (κ1) is 16.1. The van der Waals surface area contributed by atoms with Gasteiger partial charge in [0, 0.05) is 19.1 Å². The van der Waals surface area contributed by atoms with Crippen molar-refractivity contribution in [3.05, 3.63) is 0 Å². The molecule has 2 aliphatic carbocycles. The van der Waals surface area contributed by atoms with Crippen LogP contribution in [0.4, 0.5) is 4.79 Å². The molecule has 2 rings (SSSR count). The third-order valence-electron chi connectivity index (χ3n) is 5.37. The fraction of sp³-hybridized carbons (Fsp3) is 0.875. The maximum absolute atomic E-state index is 12.3. The van der Waals surface area contributed by atoms with Gasteiger partial charge < -0.3 is 15.3 Å². The van der Waals surface area contributed by atoms with Crippen molar-refractivity contribution in [2.45, 2.75) is 52.5 Å². The van der Waals surface area contributed by atoms with Crippen molar-refractivity contribution < 1.29 is 14.7 Å². The van der Waals surface area contributed by atoms with Crippen LogP contribution in [0.1, 0.15) is 46.5 Å². The minimum Gasteiger partial charge on any atom is -0.481 e. The molecule has 5 atom stereocenters. The van der Waals surface area contributed by atoms with Crippen molar-refractivity contribution in [2.75, 3.05) is 13.1 Å². The minimum absolute atomic E-state index is 0.124. The van der Waals surface area contributed by atoms with Crippen LogP contribution in [0, 0.1) is 23.7 Å². The van der Waals surface area contributed by atoms with E-state index in [9.17, 15) is 9.59 Å². The van der Waals surface area contributed by atoms with E-state index in [0.29, 0.717) is 12.5 Å². The fourth-order valence-corrected chi connectivity index (χ4v) is 4.06. The summed E-state index contributed by atoms with van der Waals surface area (Å²) in [5.41, 5.74) is 0. The van der Waals surface area contributed by atoms with E-state index < -0.39 is 11.9 Å². The van der Waals surface area contributed by atoms with Gasteiger partial charge in [-0.15, -0.1) is 0 Å². The largest absolute Gasteiger partial charge is 0.481 e. The number of urea groups is 1. The summed E-state index contributed by atoms with van der Waals surface area (Å²) in [7, 11) is 0. The topological polar surface area (TPSA) is 69.6 Å². The van der Waals surface area contributed by atoms with Gasteiger partial charge in [-0.25, -0.2) is 4.79 Å². The van der Waals surface area contributed by atoms with E-state index in [2.05, 4.69) is 12.2 Å². The number of carbonyl (C=O) groups excluding carboxylic acids is 1. The van der Waals surface area contributed by atoms with Gasteiger partial charge in [-0.2, -0.15) is 0 Å². The molecule has 21 heavy (non-hydrogen) atoms. The van der Waals surface area contributed by atoms with Crippen LogP contribution in [0.25, 0.3) is 0 Å². The van der Waals surface area contributed by atoms with Crippen molar-refractivity contribution >= 4 is 12.0 Å². The Morgan fingerprint density at radius 3 is 2.48 bits per heavy atom. The van der Waals surface area contributed by atoms with Gasteiger partial charge >= 0.3 is 12.0 Å². The van der Waals surface area contributed by atoms with Gasteiger partial charge in [-0.1, -0.05) is 13.3 Å². The average molecular weight is 296 g/mol. The number of hydrogen-bond acceptors (Lipinski definition) is 2. The Morgan fingerprint density at radius 1 is 1.29 bits per heavy atom.